The minimum Gasteiger partial charge on any atom is -0.345 e. The molecule has 0 aliphatic rings. The smallest absolute Gasteiger partial charge is 0.232 e. The van der Waals surface area contributed by atoms with Crippen LogP contribution >= 0.6 is 11.8 Å². The topological polar surface area (TPSA) is 63.4 Å². The monoisotopic (exact) mass is 290 g/mol. The zero-order valence-corrected chi connectivity index (χ0v) is 14.2. The lowest BCUT2D eigenvalue weighted by Gasteiger charge is -2.18. The first kappa shape index (κ1) is 20.8. The van der Waals surface area contributed by atoms with Gasteiger partial charge in [-0.1, -0.05) is 39.5 Å². The quantitative estimate of drug-likeness (QED) is 0.844. The summed E-state index contributed by atoms with van der Waals surface area (Å²) < 4.78 is 0. The Bertz CT molecular complexity index is 260. The number of hydrogen-bond donors (Lipinski definition) is 1. The SMILES string of the molecule is CC(=O)SCC(=O)N(C)CC(C)C.CC(C)C(C)N. The van der Waals surface area contributed by atoms with Crippen molar-refractivity contribution in [2.75, 3.05) is 19.3 Å². The van der Waals surface area contributed by atoms with E-state index in [1.807, 2.05) is 6.92 Å². The van der Waals surface area contributed by atoms with Gasteiger partial charge < -0.3 is 10.6 Å². The maximum absolute atomic E-state index is 11.3. The molecule has 0 aromatic carbocycles. The minimum absolute atomic E-state index is 0.00806. The maximum atomic E-state index is 11.3. The molecular formula is C14H30N2O2S. The van der Waals surface area contributed by atoms with Crippen LogP contribution in [-0.4, -0.2) is 41.3 Å². The van der Waals surface area contributed by atoms with Gasteiger partial charge in [-0.3, -0.25) is 9.59 Å². The molecule has 1 atom stereocenters. The average molecular weight is 290 g/mol. The normalized spacial score (nSPS) is 11.9. The molecule has 0 aliphatic carbocycles. The molecule has 0 rings (SSSR count). The average Bonchev–Trinajstić information content (AvgIpc) is 2.25. The van der Waals surface area contributed by atoms with E-state index in [9.17, 15) is 9.59 Å². The van der Waals surface area contributed by atoms with Crippen molar-refractivity contribution in [3.8, 4) is 0 Å². The molecule has 2 N–H and O–H groups in total. The minimum atomic E-state index is -0.00806. The highest BCUT2D eigenvalue weighted by atomic mass is 32.2. The van der Waals surface area contributed by atoms with E-state index < -0.39 is 0 Å². The lowest BCUT2D eigenvalue weighted by Crippen LogP contribution is -2.31. The number of carbonyl (C=O) groups is 2. The molecule has 114 valence electrons. The van der Waals surface area contributed by atoms with Crippen molar-refractivity contribution in [2.45, 2.75) is 47.6 Å². The summed E-state index contributed by atoms with van der Waals surface area (Å²) in [5.41, 5.74) is 5.44. The second-order valence-electron chi connectivity index (χ2n) is 5.55. The van der Waals surface area contributed by atoms with E-state index >= 15 is 0 Å². The van der Waals surface area contributed by atoms with Crippen molar-refractivity contribution in [1.82, 2.24) is 4.90 Å². The van der Waals surface area contributed by atoms with Crippen molar-refractivity contribution >= 4 is 22.8 Å². The van der Waals surface area contributed by atoms with Crippen LogP contribution in [0.4, 0.5) is 0 Å². The molecule has 1 unspecified atom stereocenters. The molecule has 0 fully saturated rings. The van der Waals surface area contributed by atoms with Crippen molar-refractivity contribution in [1.29, 1.82) is 0 Å². The summed E-state index contributed by atoms with van der Waals surface area (Å²) in [5.74, 6) is 1.38. The van der Waals surface area contributed by atoms with Gasteiger partial charge >= 0.3 is 0 Å². The van der Waals surface area contributed by atoms with Gasteiger partial charge in [0, 0.05) is 26.6 Å². The fraction of sp³-hybridized carbons (Fsp3) is 0.857. The van der Waals surface area contributed by atoms with E-state index in [0.29, 0.717) is 17.9 Å². The van der Waals surface area contributed by atoms with Crippen LogP contribution in [-0.2, 0) is 9.59 Å². The number of nitrogens with zero attached hydrogens (tertiary/aromatic N) is 1. The Morgan fingerprint density at radius 2 is 1.58 bits per heavy atom. The molecule has 1 amide bonds. The number of hydrogen-bond acceptors (Lipinski definition) is 4. The van der Waals surface area contributed by atoms with Crippen LogP contribution in [0, 0.1) is 11.8 Å². The van der Waals surface area contributed by atoms with Gasteiger partial charge in [0.05, 0.1) is 5.75 Å². The number of rotatable bonds is 5. The van der Waals surface area contributed by atoms with Crippen LogP contribution in [0.3, 0.4) is 0 Å². The molecule has 0 heterocycles. The maximum Gasteiger partial charge on any atom is 0.232 e. The largest absolute Gasteiger partial charge is 0.345 e. The first-order valence-electron chi connectivity index (χ1n) is 6.70. The molecule has 0 bridgehead atoms. The van der Waals surface area contributed by atoms with E-state index in [1.165, 1.54) is 6.92 Å². The molecule has 0 spiro atoms. The Labute approximate surface area is 122 Å². The number of thioether (sulfide) groups is 1. The summed E-state index contributed by atoms with van der Waals surface area (Å²) in [6.07, 6.45) is 0. The van der Waals surface area contributed by atoms with Crippen molar-refractivity contribution < 1.29 is 9.59 Å². The fourth-order valence-electron chi connectivity index (χ4n) is 0.923. The second kappa shape index (κ2) is 11.3. The number of carbonyl (C=O) groups excluding carboxylic acids is 2. The molecule has 0 aromatic heterocycles. The van der Waals surface area contributed by atoms with Crippen LogP contribution in [0.2, 0.25) is 0 Å². The van der Waals surface area contributed by atoms with E-state index in [-0.39, 0.29) is 16.8 Å². The summed E-state index contributed by atoms with van der Waals surface area (Å²) in [6, 6.07) is 0.352. The van der Waals surface area contributed by atoms with E-state index in [1.54, 1.807) is 11.9 Å². The summed E-state index contributed by atoms with van der Waals surface area (Å²) >= 11 is 1.06. The standard InChI is InChI=1S/C9H17NO2S.C5H13N/c1-7(2)5-10(4)9(12)6-13-8(3)11;1-4(2)5(3)6/h7H,5-6H2,1-4H3;4-5H,6H2,1-3H3. The predicted octanol–water partition coefficient (Wildman–Crippen LogP) is 2.37. The molecule has 0 radical (unpaired) electrons. The third kappa shape index (κ3) is 15.4. The van der Waals surface area contributed by atoms with Crippen LogP contribution in [0.15, 0.2) is 0 Å². The molecule has 0 aliphatic heterocycles. The fourth-order valence-corrected chi connectivity index (χ4v) is 1.47. The lowest BCUT2D eigenvalue weighted by molar-refractivity contribution is -0.127. The highest BCUT2D eigenvalue weighted by Gasteiger charge is 2.10. The molecule has 0 aromatic rings. The summed E-state index contributed by atoms with van der Waals surface area (Å²) in [5, 5.41) is -0.00806. The second-order valence-corrected chi connectivity index (χ2v) is 6.70. The van der Waals surface area contributed by atoms with Crippen LogP contribution in [0.25, 0.3) is 0 Å². The molecule has 0 saturated heterocycles. The third-order valence-corrected chi connectivity index (χ3v) is 3.31. The predicted molar refractivity (Wildman–Crippen MR) is 84.1 cm³/mol. The Balaban J connectivity index is 0. The molecule has 19 heavy (non-hydrogen) atoms. The number of nitrogens with two attached hydrogens (primary N) is 1. The van der Waals surface area contributed by atoms with Gasteiger partial charge in [-0.2, -0.15) is 0 Å². The first-order valence-corrected chi connectivity index (χ1v) is 7.69. The van der Waals surface area contributed by atoms with Gasteiger partial charge in [0.2, 0.25) is 5.91 Å². The Hall–Kier alpha value is -0.550. The van der Waals surface area contributed by atoms with Crippen molar-refractivity contribution in [3.63, 3.8) is 0 Å². The zero-order valence-electron chi connectivity index (χ0n) is 13.4. The van der Waals surface area contributed by atoms with E-state index in [0.717, 1.165) is 18.3 Å². The zero-order chi connectivity index (χ0) is 15.6. The van der Waals surface area contributed by atoms with Gasteiger partial charge in [-0.05, 0) is 18.8 Å². The van der Waals surface area contributed by atoms with Crippen LogP contribution in [0.5, 0.6) is 0 Å². The summed E-state index contributed by atoms with van der Waals surface area (Å²) in [7, 11) is 1.77. The van der Waals surface area contributed by atoms with E-state index in [2.05, 4.69) is 27.7 Å². The van der Waals surface area contributed by atoms with Crippen LogP contribution in [0.1, 0.15) is 41.5 Å². The summed E-state index contributed by atoms with van der Waals surface area (Å²) in [6.45, 7) is 12.6. The molecule has 4 nitrogen and oxygen atoms in total. The highest BCUT2D eigenvalue weighted by molar-refractivity contribution is 8.14. The first-order chi connectivity index (χ1) is 8.57. The lowest BCUT2D eigenvalue weighted by atomic mass is 10.1. The Morgan fingerprint density at radius 3 is 1.84 bits per heavy atom. The number of amides is 1. The van der Waals surface area contributed by atoms with Gasteiger partial charge in [0.15, 0.2) is 5.12 Å². The Kier molecular flexibility index (Phi) is 12.3. The van der Waals surface area contributed by atoms with Gasteiger partial charge in [-0.25, -0.2) is 0 Å². The summed E-state index contributed by atoms with van der Waals surface area (Å²) in [4.78, 5) is 23.6. The van der Waals surface area contributed by atoms with Gasteiger partial charge in [0.25, 0.3) is 0 Å². The third-order valence-electron chi connectivity index (χ3n) is 2.52. The molecule has 0 saturated carbocycles. The van der Waals surface area contributed by atoms with Crippen LogP contribution < -0.4 is 5.73 Å². The molecular weight excluding hydrogens is 260 g/mol. The van der Waals surface area contributed by atoms with E-state index in [4.69, 9.17) is 5.73 Å². The van der Waals surface area contributed by atoms with Gasteiger partial charge in [0.1, 0.15) is 0 Å². The van der Waals surface area contributed by atoms with Crippen molar-refractivity contribution in [3.05, 3.63) is 0 Å². The molecule has 5 heteroatoms. The van der Waals surface area contributed by atoms with Gasteiger partial charge in [-0.15, -0.1) is 0 Å². The highest BCUT2D eigenvalue weighted by Crippen LogP contribution is 2.04. The Morgan fingerprint density at radius 1 is 1.16 bits per heavy atom. The van der Waals surface area contributed by atoms with Crippen molar-refractivity contribution in [2.24, 2.45) is 17.6 Å².